The molecule has 0 fully saturated rings. The minimum atomic E-state index is -0.449. The van der Waals surface area contributed by atoms with Crippen LogP contribution in [0.4, 0.5) is 0 Å². The van der Waals surface area contributed by atoms with Crippen LogP contribution in [-0.4, -0.2) is 36.3 Å². The largest absolute Gasteiger partial charge is 0.390 e. The molecule has 0 heterocycles. The molecule has 0 spiro atoms. The van der Waals surface area contributed by atoms with Gasteiger partial charge < -0.3 is 14.0 Å². The molecule has 17 heavy (non-hydrogen) atoms. The summed E-state index contributed by atoms with van der Waals surface area (Å²) in [7, 11) is 1.61. The Morgan fingerprint density at radius 1 is 1.24 bits per heavy atom. The second-order valence-electron chi connectivity index (χ2n) is 4.99. The molecule has 0 aliphatic carbocycles. The third-order valence-corrected chi connectivity index (χ3v) is 3.43. The van der Waals surface area contributed by atoms with E-state index in [9.17, 15) is 5.11 Å². The van der Waals surface area contributed by atoms with E-state index in [0.29, 0.717) is 12.4 Å². The average molecular weight is 264 g/mol. The molecule has 0 aromatic heterocycles. The maximum atomic E-state index is 9.63. The fourth-order valence-electron chi connectivity index (χ4n) is 1.57. The number of aliphatic hydroxyl groups is 1. The van der Waals surface area contributed by atoms with Crippen molar-refractivity contribution in [3.8, 4) is 0 Å². The number of ether oxygens (including phenoxy) is 1. The van der Waals surface area contributed by atoms with Gasteiger partial charge in [-0.05, 0) is 32.3 Å². The van der Waals surface area contributed by atoms with Crippen LogP contribution in [0.5, 0.6) is 0 Å². The Morgan fingerprint density at radius 3 is 2.53 bits per heavy atom. The van der Waals surface area contributed by atoms with Crippen molar-refractivity contribution in [2.24, 2.45) is 0 Å². The predicted molar refractivity (Wildman–Crippen MR) is 74.3 cm³/mol. The molecule has 0 aliphatic rings. The fourth-order valence-corrected chi connectivity index (χ4v) is 1.96. The zero-order valence-corrected chi connectivity index (χ0v) is 12.5. The van der Waals surface area contributed by atoms with Crippen LogP contribution in [0.25, 0.3) is 0 Å². The van der Waals surface area contributed by atoms with E-state index in [1.54, 1.807) is 7.11 Å². The number of unbranched alkanes of at least 4 members (excludes halogenated alkanes) is 3. The Labute approximate surface area is 110 Å². The van der Waals surface area contributed by atoms with Crippen molar-refractivity contribution in [2.45, 2.75) is 64.6 Å². The zero-order chi connectivity index (χ0) is 13.1. The van der Waals surface area contributed by atoms with E-state index in [2.05, 4.69) is 20.8 Å². The standard InChI is InChI=1S/C13H28O3S/c1-5-6-7-8-9-13(2,3)16-10-12(14)11-17-15-4/h12,14H,5-11H2,1-4H3. The van der Waals surface area contributed by atoms with Gasteiger partial charge in [0.25, 0.3) is 0 Å². The second kappa shape index (κ2) is 10.2. The zero-order valence-electron chi connectivity index (χ0n) is 11.7. The van der Waals surface area contributed by atoms with Crippen molar-refractivity contribution in [1.82, 2.24) is 0 Å². The maximum Gasteiger partial charge on any atom is 0.0886 e. The van der Waals surface area contributed by atoms with Gasteiger partial charge in [-0.1, -0.05) is 32.6 Å². The first-order valence-electron chi connectivity index (χ1n) is 6.49. The summed E-state index contributed by atoms with van der Waals surface area (Å²) in [6, 6.07) is 0. The summed E-state index contributed by atoms with van der Waals surface area (Å²) in [5, 5.41) is 9.63. The van der Waals surface area contributed by atoms with Crippen LogP contribution in [-0.2, 0) is 8.92 Å². The number of hydrogen-bond donors (Lipinski definition) is 1. The molecule has 0 aromatic carbocycles. The van der Waals surface area contributed by atoms with E-state index >= 15 is 0 Å². The number of aliphatic hydroxyl groups excluding tert-OH is 1. The summed E-state index contributed by atoms with van der Waals surface area (Å²) in [5.74, 6) is 0.558. The first kappa shape index (κ1) is 17.2. The average Bonchev–Trinajstić information content (AvgIpc) is 2.30. The smallest absolute Gasteiger partial charge is 0.0886 e. The van der Waals surface area contributed by atoms with Crippen molar-refractivity contribution in [3.05, 3.63) is 0 Å². The van der Waals surface area contributed by atoms with Gasteiger partial charge in [-0.25, -0.2) is 0 Å². The normalized spacial score (nSPS) is 13.9. The van der Waals surface area contributed by atoms with E-state index < -0.39 is 6.10 Å². The fraction of sp³-hybridized carbons (Fsp3) is 1.00. The highest BCUT2D eigenvalue weighted by molar-refractivity contribution is 7.94. The van der Waals surface area contributed by atoms with Crippen LogP contribution >= 0.6 is 12.0 Å². The highest BCUT2D eigenvalue weighted by Gasteiger charge is 2.19. The van der Waals surface area contributed by atoms with Gasteiger partial charge in [0.2, 0.25) is 0 Å². The highest BCUT2D eigenvalue weighted by atomic mass is 32.2. The summed E-state index contributed by atoms with van der Waals surface area (Å²) in [4.78, 5) is 0. The first-order valence-corrected chi connectivity index (χ1v) is 7.40. The Morgan fingerprint density at radius 2 is 1.94 bits per heavy atom. The molecule has 1 N–H and O–H groups in total. The lowest BCUT2D eigenvalue weighted by molar-refractivity contribution is -0.0591. The van der Waals surface area contributed by atoms with E-state index in [-0.39, 0.29) is 5.60 Å². The third kappa shape index (κ3) is 11.1. The molecule has 0 bridgehead atoms. The summed E-state index contributed by atoms with van der Waals surface area (Å²) >= 11 is 1.26. The lowest BCUT2D eigenvalue weighted by Gasteiger charge is -2.26. The van der Waals surface area contributed by atoms with Crippen LogP contribution < -0.4 is 0 Å². The van der Waals surface area contributed by atoms with Gasteiger partial charge in [0, 0.05) is 5.75 Å². The molecule has 0 radical (unpaired) electrons. The monoisotopic (exact) mass is 264 g/mol. The van der Waals surface area contributed by atoms with Crippen molar-refractivity contribution >= 4 is 12.0 Å². The van der Waals surface area contributed by atoms with Crippen molar-refractivity contribution in [1.29, 1.82) is 0 Å². The third-order valence-electron chi connectivity index (χ3n) is 2.68. The van der Waals surface area contributed by atoms with Gasteiger partial charge >= 0.3 is 0 Å². The first-order chi connectivity index (χ1) is 8.02. The molecule has 0 rings (SSSR count). The molecular weight excluding hydrogens is 236 g/mol. The minimum Gasteiger partial charge on any atom is -0.390 e. The predicted octanol–water partition coefficient (Wildman–Crippen LogP) is 3.41. The van der Waals surface area contributed by atoms with Gasteiger partial charge in [-0.3, -0.25) is 0 Å². The Bertz CT molecular complexity index is 174. The van der Waals surface area contributed by atoms with E-state index in [1.165, 1.54) is 37.7 Å². The van der Waals surface area contributed by atoms with Gasteiger partial charge in [-0.15, -0.1) is 0 Å². The lowest BCUT2D eigenvalue weighted by Crippen LogP contribution is -2.30. The maximum absolute atomic E-state index is 9.63. The van der Waals surface area contributed by atoms with Gasteiger partial charge in [-0.2, -0.15) is 0 Å². The summed E-state index contributed by atoms with van der Waals surface area (Å²) in [5.41, 5.74) is -0.132. The quantitative estimate of drug-likeness (QED) is 0.458. The van der Waals surface area contributed by atoms with E-state index in [4.69, 9.17) is 8.92 Å². The Kier molecular flexibility index (Phi) is 10.3. The highest BCUT2D eigenvalue weighted by Crippen LogP contribution is 2.19. The van der Waals surface area contributed by atoms with Crippen molar-refractivity contribution in [3.63, 3.8) is 0 Å². The molecule has 4 heteroatoms. The molecule has 0 aromatic rings. The number of rotatable bonds is 11. The lowest BCUT2D eigenvalue weighted by atomic mass is 10.00. The Balaban J connectivity index is 3.61. The van der Waals surface area contributed by atoms with E-state index in [1.807, 2.05) is 0 Å². The summed E-state index contributed by atoms with van der Waals surface area (Å²) < 4.78 is 10.6. The van der Waals surface area contributed by atoms with Crippen LogP contribution in [0, 0.1) is 0 Å². The minimum absolute atomic E-state index is 0.132. The molecule has 0 aliphatic heterocycles. The Hall–Kier alpha value is 0.230. The summed E-state index contributed by atoms with van der Waals surface area (Å²) in [6.07, 6.45) is 5.62. The molecule has 1 unspecified atom stereocenters. The molecule has 0 saturated carbocycles. The van der Waals surface area contributed by atoms with Crippen LogP contribution in [0.1, 0.15) is 52.9 Å². The second-order valence-corrected chi connectivity index (χ2v) is 5.89. The molecule has 1 atom stereocenters. The SMILES string of the molecule is CCCCCCC(C)(C)OCC(O)CSOC. The molecule has 3 nitrogen and oxygen atoms in total. The van der Waals surface area contributed by atoms with Crippen molar-refractivity contribution in [2.75, 3.05) is 19.5 Å². The molecule has 0 saturated heterocycles. The number of hydrogen-bond acceptors (Lipinski definition) is 4. The van der Waals surface area contributed by atoms with Crippen molar-refractivity contribution < 1.29 is 14.0 Å². The molecule has 0 amide bonds. The van der Waals surface area contributed by atoms with Gasteiger partial charge in [0.15, 0.2) is 0 Å². The van der Waals surface area contributed by atoms with E-state index in [0.717, 1.165) is 6.42 Å². The van der Waals surface area contributed by atoms with Crippen LogP contribution in [0.15, 0.2) is 0 Å². The van der Waals surface area contributed by atoms with Gasteiger partial charge in [0.1, 0.15) is 0 Å². The topological polar surface area (TPSA) is 38.7 Å². The summed E-state index contributed by atoms with van der Waals surface area (Å²) in [6.45, 7) is 6.78. The van der Waals surface area contributed by atoms with Crippen LogP contribution in [0.3, 0.4) is 0 Å². The molecular formula is C13H28O3S. The van der Waals surface area contributed by atoms with Gasteiger partial charge in [0.05, 0.1) is 25.4 Å². The van der Waals surface area contributed by atoms with Crippen LogP contribution in [0.2, 0.25) is 0 Å². The molecule has 104 valence electrons.